The molecule has 0 radical (unpaired) electrons. The number of thiophene rings is 1. The molecular formula is C24H21NO4S2. The molecule has 1 aromatic heterocycles. The average molecular weight is 452 g/mol. The maximum absolute atomic E-state index is 13.3. The lowest BCUT2D eigenvalue weighted by Gasteiger charge is -2.16. The fourth-order valence-corrected chi connectivity index (χ4v) is 5.23. The highest BCUT2D eigenvalue weighted by Crippen LogP contribution is 2.41. The first-order valence-corrected chi connectivity index (χ1v) is 11.4. The molecule has 2 aromatic carbocycles. The van der Waals surface area contributed by atoms with E-state index in [1.54, 1.807) is 14.2 Å². The van der Waals surface area contributed by atoms with Crippen LogP contribution in [-0.4, -0.2) is 37.5 Å². The third-order valence-corrected chi connectivity index (χ3v) is 6.91. The van der Waals surface area contributed by atoms with Crippen LogP contribution >= 0.6 is 23.1 Å². The van der Waals surface area contributed by atoms with Gasteiger partial charge in [-0.2, -0.15) is 0 Å². The summed E-state index contributed by atoms with van der Waals surface area (Å²) >= 11 is 2.81. The Bertz CT molecular complexity index is 1120. The first-order valence-electron chi connectivity index (χ1n) is 9.70. The van der Waals surface area contributed by atoms with Crippen molar-refractivity contribution in [3.05, 3.63) is 81.4 Å². The SMILES string of the molecule is COc1ccc(CCN2C(=O)C(Sc3ccccc3)=C(c3cccs3)C2=O)cc1OC. The van der Waals surface area contributed by atoms with E-state index in [4.69, 9.17) is 9.47 Å². The Morgan fingerprint density at radius 2 is 1.68 bits per heavy atom. The monoisotopic (exact) mass is 451 g/mol. The van der Waals surface area contributed by atoms with Gasteiger partial charge in [0.1, 0.15) is 0 Å². The first-order chi connectivity index (χ1) is 15.1. The molecule has 31 heavy (non-hydrogen) atoms. The summed E-state index contributed by atoms with van der Waals surface area (Å²) < 4.78 is 10.6. The zero-order valence-electron chi connectivity index (χ0n) is 17.2. The highest BCUT2D eigenvalue weighted by Gasteiger charge is 2.39. The van der Waals surface area contributed by atoms with Crippen molar-refractivity contribution in [2.45, 2.75) is 11.3 Å². The number of benzene rings is 2. The number of carbonyl (C=O) groups is 2. The highest BCUT2D eigenvalue weighted by molar-refractivity contribution is 8.04. The van der Waals surface area contributed by atoms with E-state index in [-0.39, 0.29) is 11.8 Å². The van der Waals surface area contributed by atoms with Gasteiger partial charge in [0, 0.05) is 16.3 Å². The molecule has 0 atom stereocenters. The summed E-state index contributed by atoms with van der Waals surface area (Å²) in [6.07, 6.45) is 0.527. The molecule has 0 saturated heterocycles. The largest absolute Gasteiger partial charge is 0.493 e. The van der Waals surface area contributed by atoms with Gasteiger partial charge < -0.3 is 9.47 Å². The molecule has 2 amide bonds. The number of ether oxygens (including phenoxy) is 2. The summed E-state index contributed by atoms with van der Waals surface area (Å²) in [5.41, 5.74) is 1.45. The summed E-state index contributed by atoms with van der Waals surface area (Å²) in [7, 11) is 3.17. The number of carbonyl (C=O) groups excluding carboxylic acids is 2. The number of thioether (sulfide) groups is 1. The second-order valence-corrected chi connectivity index (χ2v) is 8.83. The topological polar surface area (TPSA) is 55.8 Å². The summed E-state index contributed by atoms with van der Waals surface area (Å²) in [5, 5.41) is 1.91. The molecule has 158 valence electrons. The van der Waals surface area contributed by atoms with Crippen molar-refractivity contribution < 1.29 is 19.1 Å². The van der Waals surface area contributed by atoms with Gasteiger partial charge in [-0.05, 0) is 47.7 Å². The van der Waals surface area contributed by atoms with Crippen LogP contribution in [0, 0.1) is 0 Å². The molecule has 0 bridgehead atoms. The van der Waals surface area contributed by atoms with Gasteiger partial charge in [0.2, 0.25) is 0 Å². The second-order valence-electron chi connectivity index (χ2n) is 6.80. The Balaban J connectivity index is 1.58. The van der Waals surface area contributed by atoms with Crippen molar-refractivity contribution in [3.8, 4) is 11.5 Å². The molecule has 0 fully saturated rings. The minimum Gasteiger partial charge on any atom is -0.493 e. The van der Waals surface area contributed by atoms with E-state index < -0.39 is 0 Å². The van der Waals surface area contributed by atoms with Crippen LogP contribution in [0.2, 0.25) is 0 Å². The summed E-state index contributed by atoms with van der Waals surface area (Å²) in [6.45, 7) is 0.293. The van der Waals surface area contributed by atoms with Crippen molar-refractivity contribution >= 4 is 40.5 Å². The third kappa shape index (κ3) is 4.38. The van der Waals surface area contributed by atoms with Crippen molar-refractivity contribution in [2.24, 2.45) is 0 Å². The number of nitrogens with zero attached hydrogens (tertiary/aromatic N) is 1. The minimum absolute atomic E-state index is 0.244. The molecule has 0 aliphatic carbocycles. The fourth-order valence-electron chi connectivity index (χ4n) is 3.37. The lowest BCUT2D eigenvalue weighted by atomic mass is 10.1. The molecule has 0 N–H and O–H groups in total. The molecular weight excluding hydrogens is 430 g/mol. The summed E-state index contributed by atoms with van der Waals surface area (Å²) in [6, 6.07) is 19.0. The lowest BCUT2D eigenvalue weighted by Crippen LogP contribution is -2.33. The smallest absolute Gasteiger partial charge is 0.268 e. The van der Waals surface area contributed by atoms with Gasteiger partial charge in [-0.15, -0.1) is 11.3 Å². The van der Waals surface area contributed by atoms with E-state index in [0.29, 0.717) is 34.9 Å². The number of hydrogen-bond donors (Lipinski definition) is 0. The summed E-state index contributed by atoms with van der Waals surface area (Å²) in [4.78, 5) is 30.1. The van der Waals surface area contributed by atoms with Crippen LogP contribution in [0.4, 0.5) is 0 Å². The molecule has 4 rings (SSSR count). The number of rotatable bonds is 8. The predicted molar refractivity (Wildman–Crippen MR) is 124 cm³/mol. The van der Waals surface area contributed by atoms with E-state index >= 15 is 0 Å². The molecule has 1 aliphatic heterocycles. The zero-order chi connectivity index (χ0) is 21.8. The highest BCUT2D eigenvalue weighted by atomic mass is 32.2. The predicted octanol–water partition coefficient (Wildman–Crippen LogP) is 4.88. The van der Waals surface area contributed by atoms with Gasteiger partial charge in [-0.1, -0.05) is 42.1 Å². The van der Waals surface area contributed by atoms with Crippen molar-refractivity contribution in [2.75, 3.05) is 20.8 Å². The number of amides is 2. The molecule has 1 aliphatic rings. The van der Waals surface area contributed by atoms with Crippen molar-refractivity contribution in [1.29, 1.82) is 0 Å². The molecule has 3 aromatic rings. The standard InChI is InChI=1S/C24H21NO4S2/c1-28-18-11-10-16(15-19(18)29-2)12-13-25-23(26)21(20-9-6-14-30-20)22(24(25)27)31-17-7-4-3-5-8-17/h3-11,14-15H,12-13H2,1-2H3. The quantitative estimate of drug-likeness (QED) is 0.457. The molecule has 7 heteroatoms. The molecule has 2 heterocycles. The Kier molecular flexibility index (Phi) is 6.44. The van der Waals surface area contributed by atoms with Crippen LogP contribution in [0.1, 0.15) is 10.4 Å². The van der Waals surface area contributed by atoms with E-state index in [0.717, 1.165) is 15.3 Å². The Morgan fingerprint density at radius 3 is 2.35 bits per heavy atom. The van der Waals surface area contributed by atoms with Gasteiger partial charge in [0.25, 0.3) is 11.8 Å². The van der Waals surface area contributed by atoms with Crippen LogP contribution in [0.5, 0.6) is 11.5 Å². The summed E-state index contributed by atoms with van der Waals surface area (Å²) in [5.74, 6) is 0.772. The molecule has 5 nitrogen and oxygen atoms in total. The zero-order valence-corrected chi connectivity index (χ0v) is 18.8. The third-order valence-electron chi connectivity index (χ3n) is 4.93. The average Bonchev–Trinajstić information content (AvgIpc) is 3.40. The molecule has 0 unspecified atom stereocenters. The number of hydrogen-bond acceptors (Lipinski definition) is 6. The van der Waals surface area contributed by atoms with Gasteiger partial charge >= 0.3 is 0 Å². The van der Waals surface area contributed by atoms with E-state index in [2.05, 4.69) is 0 Å². The Labute approximate surface area is 189 Å². The number of imide groups is 1. The second kappa shape index (κ2) is 9.41. The van der Waals surface area contributed by atoms with Gasteiger partial charge in [-0.25, -0.2) is 0 Å². The van der Waals surface area contributed by atoms with E-state index in [9.17, 15) is 9.59 Å². The fraction of sp³-hybridized carbons (Fsp3) is 0.167. The van der Waals surface area contributed by atoms with Crippen LogP contribution in [-0.2, 0) is 16.0 Å². The molecule has 0 saturated carbocycles. The lowest BCUT2D eigenvalue weighted by molar-refractivity contribution is -0.136. The normalized spacial score (nSPS) is 13.8. The van der Waals surface area contributed by atoms with Crippen LogP contribution in [0.25, 0.3) is 5.57 Å². The Hall–Kier alpha value is -3.03. The van der Waals surface area contributed by atoms with Crippen molar-refractivity contribution in [3.63, 3.8) is 0 Å². The Morgan fingerprint density at radius 1 is 0.903 bits per heavy atom. The minimum atomic E-state index is -0.247. The van der Waals surface area contributed by atoms with Crippen LogP contribution in [0.3, 0.4) is 0 Å². The number of methoxy groups -OCH3 is 2. The maximum Gasteiger partial charge on any atom is 0.268 e. The van der Waals surface area contributed by atoms with Crippen LogP contribution in [0.15, 0.2) is 75.8 Å². The van der Waals surface area contributed by atoms with E-state index in [1.807, 2.05) is 66.0 Å². The molecule has 0 spiro atoms. The van der Waals surface area contributed by atoms with E-state index in [1.165, 1.54) is 28.0 Å². The van der Waals surface area contributed by atoms with Gasteiger partial charge in [0.15, 0.2) is 11.5 Å². The van der Waals surface area contributed by atoms with Gasteiger partial charge in [0.05, 0.1) is 24.7 Å². The first kappa shape index (κ1) is 21.2. The van der Waals surface area contributed by atoms with Crippen LogP contribution < -0.4 is 9.47 Å². The maximum atomic E-state index is 13.3. The van der Waals surface area contributed by atoms with Crippen molar-refractivity contribution in [1.82, 2.24) is 4.90 Å². The van der Waals surface area contributed by atoms with Gasteiger partial charge in [-0.3, -0.25) is 14.5 Å².